The van der Waals surface area contributed by atoms with Gasteiger partial charge in [-0.3, -0.25) is 0 Å². The number of nitrogens with one attached hydrogen (secondary N) is 1. The molecule has 21 heavy (non-hydrogen) atoms. The van der Waals surface area contributed by atoms with Gasteiger partial charge in [0.1, 0.15) is 17.3 Å². The second-order valence-corrected chi connectivity index (χ2v) is 5.26. The van der Waals surface area contributed by atoms with Gasteiger partial charge in [0.15, 0.2) is 0 Å². The van der Waals surface area contributed by atoms with Crippen LogP contribution in [0.3, 0.4) is 0 Å². The van der Waals surface area contributed by atoms with Gasteiger partial charge < -0.3 is 10.1 Å². The Hall–Kier alpha value is -1.87. The monoisotopic (exact) mass is 287 g/mol. The van der Waals surface area contributed by atoms with Gasteiger partial charge in [0.05, 0.1) is 0 Å². The molecule has 0 saturated heterocycles. The highest BCUT2D eigenvalue weighted by atomic mass is 19.1. The van der Waals surface area contributed by atoms with Crippen molar-refractivity contribution in [3.05, 3.63) is 59.4 Å². The maximum Gasteiger partial charge on any atom is 0.127 e. The van der Waals surface area contributed by atoms with Gasteiger partial charge in [0.2, 0.25) is 0 Å². The van der Waals surface area contributed by atoms with E-state index < -0.39 is 0 Å². The van der Waals surface area contributed by atoms with Crippen molar-refractivity contribution in [1.82, 2.24) is 5.32 Å². The summed E-state index contributed by atoms with van der Waals surface area (Å²) in [6, 6.07) is 13.1. The molecular formula is C18H22FNO. The quantitative estimate of drug-likeness (QED) is 0.808. The van der Waals surface area contributed by atoms with Gasteiger partial charge in [-0.15, -0.1) is 0 Å². The largest absolute Gasteiger partial charge is 0.457 e. The Balaban J connectivity index is 2.11. The summed E-state index contributed by atoms with van der Waals surface area (Å²) in [5, 5.41) is 3.45. The molecule has 1 atom stereocenters. The molecule has 0 amide bonds. The van der Waals surface area contributed by atoms with Crippen LogP contribution in [-0.2, 0) is 0 Å². The van der Waals surface area contributed by atoms with Crippen LogP contribution < -0.4 is 10.1 Å². The molecule has 0 bridgehead atoms. The van der Waals surface area contributed by atoms with Crippen LogP contribution in [0.4, 0.5) is 4.39 Å². The number of hydrogen-bond donors (Lipinski definition) is 1. The molecule has 2 aromatic rings. The minimum atomic E-state index is -0.214. The van der Waals surface area contributed by atoms with E-state index in [0.29, 0.717) is 11.3 Å². The van der Waals surface area contributed by atoms with E-state index in [-0.39, 0.29) is 11.9 Å². The van der Waals surface area contributed by atoms with Crippen LogP contribution >= 0.6 is 0 Å². The Morgan fingerprint density at radius 1 is 1.14 bits per heavy atom. The molecule has 2 rings (SSSR count). The lowest BCUT2D eigenvalue weighted by Crippen LogP contribution is -2.19. The lowest BCUT2D eigenvalue weighted by molar-refractivity contribution is 0.477. The molecule has 0 aliphatic carbocycles. The third-order valence-electron chi connectivity index (χ3n) is 3.42. The second kappa shape index (κ2) is 7.23. The minimum Gasteiger partial charge on any atom is -0.457 e. The molecule has 0 fully saturated rings. The van der Waals surface area contributed by atoms with E-state index in [0.717, 1.165) is 18.7 Å². The summed E-state index contributed by atoms with van der Waals surface area (Å²) < 4.78 is 19.1. The highest BCUT2D eigenvalue weighted by Crippen LogP contribution is 2.26. The van der Waals surface area contributed by atoms with Crippen molar-refractivity contribution in [2.75, 3.05) is 6.54 Å². The number of ether oxygens (including phenoxy) is 1. The first kappa shape index (κ1) is 15.5. The Bertz CT molecular complexity index is 598. The summed E-state index contributed by atoms with van der Waals surface area (Å²) in [5.74, 6) is 1.21. The first-order valence-corrected chi connectivity index (χ1v) is 7.37. The molecule has 0 saturated carbocycles. The summed E-state index contributed by atoms with van der Waals surface area (Å²) >= 11 is 0. The Kier molecular flexibility index (Phi) is 5.34. The zero-order valence-electron chi connectivity index (χ0n) is 12.8. The van der Waals surface area contributed by atoms with Gasteiger partial charge in [-0.2, -0.15) is 0 Å². The average molecular weight is 287 g/mol. The first-order chi connectivity index (χ1) is 10.1. The molecule has 0 aliphatic rings. The molecule has 0 radical (unpaired) electrons. The van der Waals surface area contributed by atoms with Crippen LogP contribution in [0.25, 0.3) is 0 Å². The smallest absolute Gasteiger partial charge is 0.127 e. The van der Waals surface area contributed by atoms with Gasteiger partial charge in [-0.05, 0) is 68.3 Å². The van der Waals surface area contributed by atoms with Crippen molar-refractivity contribution in [2.45, 2.75) is 33.2 Å². The molecule has 1 N–H and O–H groups in total. The summed E-state index contributed by atoms with van der Waals surface area (Å²) in [6.07, 6.45) is 1.11. The average Bonchev–Trinajstić information content (AvgIpc) is 2.49. The van der Waals surface area contributed by atoms with Gasteiger partial charge in [0.25, 0.3) is 0 Å². The van der Waals surface area contributed by atoms with Crippen molar-refractivity contribution in [3.63, 3.8) is 0 Å². The highest BCUT2D eigenvalue weighted by molar-refractivity contribution is 5.36. The van der Waals surface area contributed by atoms with Gasteiger partial charge >= 0.3 is 0 Å². The van der Waals surface area contributed by atoms with E-state index in [4.69, 9.17) is 4.74 Å². The lowest BCUT2D eigenvalue weighted by atomic mass is 10.1. The normalized spacial score (nSPS) is 12.2. The predicted octanol–water partition coefficient (Wildman–Crippen LogP) is 4.99. The number of halogens is 1. The molecule has 0 heterocycles. The Morgan fingerprint density at radius 2 is 1.90 bits per heavy atom. The molecule has 2 aromatic carbocycles. The summed E-state index contributed by atoms with van der Waals surface area (Å²) in [7, 11) is 0. The molecule has 0 aliphatic heterocycles. The van der Waals surface area contributed by atoms with Crippen molar-refractivity contribution < 1.29 is 9.13 Å². The van der Waals surface area contributed by atoms with Crippen LogP contribution in [0, 0.1) is 12.7 Å². The number of benzene rings is 2. The summed E-state index contributed by atoms with van der Waals surface area (Å²) in [6.45, 7) is 7.01. The van der Waals surface area contributed by atoms with Crippen molar-refractivity contribution in [3.8, 4) is 11.5 Å². The number of aryl methyl sites for hydroxylation is 1. The second-order valence-electron chi connectivity index (χ2n) is 5.26. The van der Waals surface area contributed by atoms with E-state index in [1.54, 1.807) is 19.1 Å². The van der Waals surface area contributed by atoms with Gasteiger partial charge in [-0.1, -0.05) is 19.1 Å². The van der Waals surface area contributed by atoms with Crippen LogP contribution in [0.1, 0.15) is 37.4 Å². The molecule has 112 valence electrons. The lowest BCUT2D eigenvalue weighted by Gasteiger charge is -2.15. The maximum absolute atomic E-state index is 13.3. The van der Waals surface area contributed by atoms with Crippen LogP contribution in [-0.4, -0.2) is 6.54 Å². The molecule has 3 heteroatoms. The Morgan fingerprint density at radius 3 is 2.62 bits per heavy atom. The van der Waals surface area contributed by atoms with Crippen LogP contribution in [0.2, 0.25) is 0 Å². The third-order valence-corrected chi connectivity index (χ3v) is 3.42. The zero-order chi connectivity index (χ0) is 15.2. The first-order valence-electron chi connectivity index (χ1n) is 7.37. The van der Waals surface area contributed by atoms with E-state index in [1.807, 2.05) is 18.2 Å². The predicted molar refractivity (Wildman–Crippen MR) is 84.4 cm³/mol. The molecule has 1 unspecified atom stereocenters. The van der Waals surface area contributed by atoms with E-state index >= 15 is 0 Å². The fourth-order valence-corrected chi connectivity index (χ4v) is 2.14. The maximum atomic E-state index is 13.3. The van der Waals surface area contributed by atoms with Crippen molar-refractivity contribution >= 4 is 0 Å². The van der Waals surface area contributed by atoms with Crippen molar-refractivity contribution in [1.29, 1.82) is 0 Å². The minimum absolute atomic E-state index is 0.214. The highest BCUT2D eigenvalue weighted by Gasteiger charge is 2.06. The standard InChI is InChI=1S/C18H22FNO/c1-4-10-20-14(3)15-6-5-7-16(12-15)21-17-8-9-18(19)13(2)11-17/h5-9,11-12,14,20H,4,10H2,1-3H3. The SMILES string of the molecule is CCCNC(C)c1cccc(Oc2ccc(F)c(C)c2)c1. The van der Waals surface area contributed by atoms with E-state index in [1.165, 1.54) is 11.6 Å². The number of rotatable bonds is 6. The van der Waals surface area contributed by atoms with Crippen LogP contribution in [0.5, 0.6) is 11.5 Å². The fraction of sp³-hybridized carbons (Fsp3) is 0.333. The number of hydrogen-bond acceptors (Lipinski definition) is 2. The topological polar surface area (TPSA) is 21.3 Å². The van der Waals surface area contributed by atoms with Crippen molar-refractivity contribution in [2.24, 2.45) is 0 Å². The summed E-state index contributed by atoms with van der Waals surface area (Å²) in [4.78, 5) is 0. The van der Waals surface area contributed by atoms with E-state index in [2.05, 4.69) is 25.2 Å². The Labute approximate surface area is 126 Å². The summed E-state index contributed by atoms with van der Waals surface area (Å²) in [5.41, 5.74) is 1.77. The third kappa shape index (κ3) is 4.30. The molecule has 2 nitrogen and oxygen atoms in total. The fourth-order valence-electron chi connectivity index (χ4n) is 2.14. The van der Waals surface area contributed by atoms with Crippen LogP contribution in [0.15, 0.2) is 42.5 Å². The molecule has 0 aromatic heterocycles. The van der Waals surface area contributed by atoms with Gasteiger partial charge in [0, 0.05) is 6.04 Å². The molecular weight excluding hydrogens is 265 g/mol. The van der Waals surface area contributed by atoms with E-state index in [9.17, 15) is 4.39 Å². The van der Waals surface area contributed by atoms with Gasteiger partial charge in [-0.25, -0.2) is 4.39 Å². The molecule has 0 spiro atoms. The zero-order valence-corrected chi connectivity index (χ0v) is 12.8.